The van der Waals surface area contributed by atoms with Crippen LogP contribution in [0.2, 0.25) is 0 Å². The zero-order chi connectivity index (χ0) is 10.1. The van der Waals surface area contributed by atoms with E-state index in [9.17, 15) is 0 Å². The Kier molecular flexibility index (Phi) is 2.30. The smallest absolute Gasteiger partial charge is 0.141 e. The molecule has 0 spiro atoms. The van der Waals surface area contributed by atoms with E-state index < -0.39 is 0 Å². The Bertz CT molecular complexity index is 342. The second-order valence-electron chi connectivity index (χ2n) is 3.60. The van der Waals surface area contributed by atoms with Crippen LogP contribution in [0.15, 0.2) is 28.9 Å². The lowest BCUT2D eigenvalue weighted by atomic mass is 10.3. The molecule has 0 aromatic carbocycles. The molecule has 5 nitrogen and oxygen atoms in total. The van der Waals surface area contributed by atoms with Gasteiger partial charge in [0.05, 0.1) is 25.0 Å². The second-order valence-corrected chi connectivity index (χ2v) is 4.38. The lowest BCUT2D eigenvalue weighted by Crippen LogP contribution is -2.43. The first-order valence-electron chi connectivity index (χ1n) is 5.07. The van der Waals surface area contributed by atoms with E-state index in [4.69, 9.17) is 0 Å². The summed E-state index contributed by atoms with van der Waals surface area (Å²) in [6.07, 6.45) is 6.86. The van der Waals surface area contributed by atoms with Crippen LogP contribution in [0, 0.1) is 0 Å². The molecule has 3 heterocycles. The molecule has 0 amide bonds. The summed E-state index contributed by atoms with van der Waals surface area (Å²) in [6.45, 7) is 3.13. The van der Waals surface area contributed by atoms with E-state index in [1.807, 2.05) is 12.4 Å². The normalized spacial score (nSPS) is 24.5. The Morgan fingerprint density at radius 1 is 1.47 bits per heavy atom. The van der Waals surface area contributed by atoms with Crippen molar-refractivity contribution in [1.82, 2.24) is 19.2 Å². The minimum atomic E-state index is 0.914. The molecule has 0 aromatic heterocycles. The fraction of sp³-hybridized carbons (Fsp3) is 0.444. The zero-order valence-electron chi connectivity index (χ0n) is 8.31. The van der Waals surface area contributed by atoms with Crippen LogP contribution in [-0.2, 0) is 0 Å². The Labute approximate surface area is 93.2 Å². The van der Waals surface area contributed by atoms with Gasteiger partial charge in [-0.15, -0.1) is 0 Å². The van der Waals surface area contributed by atoms with Crippen LogP contribution in [-0.4, -0.2) is 35.2 Å². The predicted molar refractivity (Wildman–Crippen MR) is 61.4 cm³/mol. The number of rotatable bonds is 1. The number of nitrogens with zero attached hydrogens (tertiary/aromatic N) is 3. The molecule has 15 heavy (non-hydrogen) atoms. The van der Waals surface area contributed by atoms with Gasteiger partial charge >= 0.3 is 0 Å². The second kappa shape index (κ2) is 3.79. The molecule has 0 aromatic rings. The predicted octanol–water partition coefficient (Wildman–Crippen LogP) is 0.432. The third-order valence-corrected chi connectivity index (χ3v) is 3.41. The van der Waals surface area contributed by atoms with Crippen molar-refractivity contribution in [3.05, 3.63) is 23.9 Å². The average Bonchev–Trinajstić information content (AvgIpc) is 2.74. The van der Waals surface area contributed by atoms with Crippen LogP contribution in [0.25, 0.3) is 0 Å². The van der Waals surface area contributed by atoms with Crippen LogP contribution >= 0.6 is 12.1 Å². The lowest BCUT2D eigenvalue weighted by molar-refractivity contribution is 0.261. The average molecular weight is 223 g/mol. The molecule has 3 aliphatic heterocycles. The highest BCUT2D eigenvalue weighted by molar-refractivity contribution is 7.95. The standard InChI is InChI=1S/C9H13N5S/c1-2-11-7-13(4-1)9-8-6-10-3-5-14(8)15-12-9/h3,5-6,11-12H,1-2,4,7H2. The van der Waals surface area contributed by atoms with Crippen LogP contribution < -0.4 is 10.0 Å². The molecule has 1 saturated heterocycles. The van der Waals surface area contributed by atoms with Gasteiger partial charge in [-0.05, 0) is 13.0 Å². The maximum absolute atomic E-state index is 4.16. The van der Waals surface area contributed by atoms with Crippen molar-refractivity contribution in [1.29, 1.82) is 0 Å². The summed E-state index contributed by atoms with van der Waals surface area (Å²) in [4.78, 5) is 6.48. The van der Waals surface area contributed by atoms with Gasteiger partial charge in [-0.1, -0.05) is 0 Å². The monoisotopic (exact) mass is 223 g/mol. The molecule has 0 radical (unpaired) electrons. The maximum atomic E-state index is 4.16. The molecule has 0 atom stereocenters. The van der Waals surface area contributed by atoms with Crippen molar-refractivity contribution in [2.24, 2.45) is 4.99 Å². The first-order valence-corrected chi connectivity index (χ1v) is 5.84. The number of hydrogen-bond donors (Lipinski definition) is 2. The maximum Gasteiger partial charge on any atom is 0.141 e. The van der Waals surface area contributed by atoms with E-state index in [1.165, 1.54) is 12.2 Å². The molecule has 0 bridgehead atoms. The highest BCUT2D eigenvalue weighted by atomic mass is 32.2. The molecule has 1 fully saturated rings. The lowest BCUT2D eigenvalue weighted by Gasteiger charge is -2.30. The number of allylic oxidation sites excluding steroid dienone is 1. The summed E-state index contributed by atoms with van der Waals surface area (Å²) >= 11 is 1.59. The van der Waals surface area contributed by atoms with E-state index in [0.29, 0.717) is 0 Å². The van der Waals surface area contributed by atoms with Crippen molar-refractivity contribution in [3.63, 3.8) is 0 Å². The number of aliphatic imine (C=N–C) groups is 1. The SMILES string of the molecule is C1=CN2SNC(N3CCCNC3)=C2C=N1. The van der Waals surface area contributed by atoms with E-state index >= 15 is 0 Å². The molecule has 6 heteroatoms. The number of nitrogens with one attached hydrogen (secondary N) is 2. The van der Waals surface area contributed by atoms with Crippen molar-refractivity contribution in [2.75, 3.05) is 19.8 Å². The fourth-order valence-electron chi connectivity index (χ4n) is 1.85. The summed E-state index contributed by atoms with van der Waals surface area (Å²) in [5.74, 6) is 1.17. The summed E-state index contributed by atoms with van der Waals surface area (Å²) in [5, 5.41) is 3.37. The topological polar surface area (TPSA) is 42.9 Å². The highest BCUT2D eigenvalue weighted by Gasteiger charge is 2.26. The molecular formula is C9H13N5S. The third kappa shape index (κ3) is 1.59. The van der Waals surface area contributed by atoms with E-state index in [1.54, 1.807) is 18.3 Å². The van der Waals surface area contributed by atoms with E-state index in [0.717, 1.165) is 25.5 Å². The molecular weight excluding hydrogens is 210 g/mol. The third-order valence-electron chi connectivity index (χ3n) is 2.61. The van der Waals surface area contributed by atoms with Crippen LogP contribution in [0.4, 0.5) is 0 Å². The Balaban J connectivity index is 1.85. The van der Waals surface area contributed by atoms with Gasteiger partial charge in [0, 0.05) is 18.9 Å². The fourth-order valence-corrected chi connectivity index (χ4v) is 2.61. The number of fused-ring (bicyclic) bond motifs is 1. The van der Waals surface area contributed by atoms with Crippen molar-refractivity contribution in [2.45, 2.75) is 6.42 Å². The summed E-state index contributed by atoms with van der Waals surface area (Å²) in [6, 6.07) is 0. The van der Waals surface area contributed by atoms with Crippen LogP contribution in [0.3, 0.4) is 0 Å². The Hall–Kier alpha value is -1.14. The molecule has 80 valence electrons. The van der Waals surface area contributed by atoms with Crippen LogP contribution in [0.5, 0.6) is 0 Å². The Morgan fingerprint density at radius 3 is 3.33 bits per heavy atom. The minimum Gasteiger partial charge on any atom is -0.343 e. The molecule has 0 unspecified atom stereocenters. The summed E-state index contributed by atoms with van der Waals surface area (Å²) in [7, 11) is 0. The summed E-state index contributed by atoms with van der Waals surface area (Å²) < 4.78 is 5.43. The quantitative estimate of drug-likeness (QED) is 0.631. The molecule has 3 rings (SSSR count). The van der Waals surface area contributed by atoms with Crippen molar-refractivity contribution in [3.8, 4) is 0 Å². The van der Waals surface area contributed by atoms with E-state index in [2.05, 4.69) is 24.2 Å². The van der Waals surface area contributed by atoms with Crippen LogP contribution in [0.1, 0.15) is 6.42 Å². The van der Waals surface area contributed by atoms with Gasteiger partial charge < -0.3 is 4.90 Å². The van der Waals surface area contributed by atoms with Gasteiger partial charge in [-0.3, -0.25) is 19.3 Å². The minimum absolute atomic E-state index is 0.914. The zero-order valence-corrected chi connectivity index (χ0v) is 9.13. The largest absolute Gasteiger partial charge is 0.343 e. The van der Waals surface area contributed by atoms with Crippen molar-refractivity contribution < 1.29 is 0 Å². The van der Waals surface area contributed by atoms with Gasteiger partial charge in [0.15, 0.2) is 0 Å². The number of hydrogen-bond acceptors (Lipinski definition) is 6. The molecule has 0 aliphatic carbocycles. The molecule has 2 N–H and O–H groups in total. The highest BCUT2D eigenvalue weighted by Crippen LogP contribution is 2.29. The molecule has 0 saturated carbocycles. The Morgan fingerprint density at radius 2 is 2.47 bits per heavy atom. The van der Waals surface area contributed by atoms with Crippen molar-refractivity contribution >= 4 is 18.3 Å². The first-order chi connectivity index (χ1) is 7.45. The van der Waals surface area contributed by atoms with Gasteiger partial charge in [-0.2, -0.15) is 0 Å². The summed E-state index contributed by atoms with van der Waals surface area (Å²) in [5.41, 5.74) is 1.14. The van der Waals surface area contributed by atoms with Gasteiger partial charge in [0.25, 0.3) is 0 Å². The van der Waals surface area contributed by atoms with Gasteiger partial charge in [0.2, 0.25) is 0 Å². The first kappa shape index (κ1) is 9.11. The van der Waals surface area contributed by atoms with Gasteiger partial charge in [-0.25, -0.2) is 0 Å². The van der Waals surface area contributed by atoms with E-state index in [-0.39, 0.29) is 0 Å². The molecule has 3 aliphatic rings. The van der Waals surface area contributed by atoms with Gasteiger partial charge in [0.1, 0.15) is 11.5 Å².